The van der Waals surface area contributed by atoms with Gasteiger partial charge in [0.05, 0.1) is 22.6 Å². The number of allylic oxidation sites excluding steroid dienone is 2. The SMILES string of the molecule is COCc1cc(C2=C(Cl)C(C(=O)OC)=CC(=S(=O)=O)C2C)no1. The number of hydrogen-bond acceptors (Lipinski definition) is 7. The number of nitrogens with zero attached hydrogens (tertiary/aromatic N) is 1. The lowest BCUT2D eigenvalue weighted by Gasteiger charge is -2.21. The summed E-state index contributed by atoms with van der Waals surface area (Å²) in [6, 6.07) is 1.59. The second-order valence-corrected chi connectivity index (χ2v) is 6.07. The Balaban J connectivity index is 2.64. The van der Waals surface area contributed by atoms with Crippen molar-refractivity contribution in [3.63, 3.8) is 0 Å². The van der Waals surface area contributed by atoms with Gasteiger partial charge in [-0.05, 0) is 6.08 Å². The van der Waals surface area contributed by atoms with Crippen molar-refractivity contribution in [2.45, 2.75) is 13.5 Å². The fourth-order valence-electron chi connectivity index (χ4n) is 2.24. The minimum atomic E-state index is -2.52. The number of hydrogen-bond donors (Lipinski definition) is 0. The quantitative estimate of drug-likeness (QED) is 0.594. The molecule has 0 radical (unpaired) electrons. The van der Waals surface area contributed by atoms with Crippen molar-refractivity contribution < 1.29 is 27.2 Å². The van der Waals surface area contributed by atoms with E-state index in [1.54, 1.807) is 13.0 Å². The van der Waals surface area contributed by atoms with Gasteiger partial charge < -0.3 is 14.0 Å². The standard InChI is InChI=1S/C14H14ClNO6S/c1-7-11(23(18)19)5-9(14(17)21-3)13(15)12(7)10-4-8(6-20-2)22-16-10/h4-5,7H,6H2,1-3H3. The van der Waals surface area contributed by atoms with Crippen LogP contribution in [0.1, 0.15) is 18.4 Å². The average Bonchev–Trinajstić information content (AvgIpc) is 2.95. The van der Waals surface area contributed by atoms with Gasteiger partial charge in [-0.1, -0.05) is 23.7 Å². The summed E-state index contributed by atoms with van der Waals surface area (Å²) in [5.74, 6) is -0.872. The summed E-state index contributed by atoms with van der Waals surface area (Å²) in [5.41, 5.74) is 0.671. The topological polar surface area (TPSA) is 95.7 Å². The van der Waals surface area contributed by atoms with E-state index in [1.165, 1.54) is 20.3 Å². The van der Waals surface area contributed by atoms with Gasteiger partial charge in [-0.3, -0.25) is 0 Å². The first-order valence-electron chi connectivity index (χ1n) is 6.51. The summed E-state index contributed by atoms with van der Waals surface area (Å²) in [6.45, 7) is 1.86. The third kappa shape index (κ3) is 3.39. The Morgan fingerprint density at radius 1 is 1.43 bits per heavy atom. The summed E-state index contributed by atoms with van der Waals surface area (Å²) >= 11 is 6.29. The number of halogens is 1. The van der Waals surface area contributed by atoms with Crippen LogP contribution in [-0.2, 0) is 31.2 Å². The van der Waals surface area contributed by atoms with E-state index in [2.05, 4.69) is 9.89 Å². The van der Waals surface area contributed by atoms with Crippen molar-refractivity contribution in [2.75, 3.05) is 14.2 Å². The van der Waals surface area contributed by atoms with Gasteiger partial charge in [0.15, 0.2) is 5.76 Å². The third-order valence-corrected chi connectivity index (χ3v) is 4.60. The van der Waals surface area contributed by atoms with E-state index >= 15 is 0 Å². The van der Waals surface area contributed by atoms with Gasteiger partial charge >= 0.3 is 5.97 Å². The molecule has 0 saturated carbocycles. The molecule has 1 atom stereocenters. The molecule has 1 aliphatic rings. The number of esters is 1. The second-order valence-electron chi connectivity index (χ2n) is 4.75. The molecule has 7 nitrogen and oxygen atoms in total. The summed E-state index contributed by atoms with van der Waals surface area (Å²) in [5, 5.41) is 3.96. The maximum Gasteiger partial charge on any atom is 0.339 e. The van der Waals surface area contributed by atoms with Crippen LogP contribution in [0.15, 0.2) is 27.3 Å². The zero-order valence-corrected chi connectivity index (χ0v) is 14.2. The molecule has 0 N–H and O–H groups in total. The minimum absolute atomic E-state index is 0.0149. The molecule has 1 aliphatic carbocycles. The first-order valence-corrected chi connectivity index (χ1v) is 7.97. The molecule has 0 saturated heterocycles. The summed E-state index contributed by atoms with van der Waals surface area (Å²) in [4.78, 5) is 11.9. The van der Waals surface area contributed by atoms with Gasteiger partial charge in [0.2, 0.25) is 10.3 Å². The maximum atomic E-state index is 11.8. The lowest BCUT2D eigenvalue weighted by molar-refractivity contribution is -0.135. The predicted molar refractivity (Wildman–Crippen MR) is 83.2 cm³/mol. The lowest BCUT2D eigenvalue weighted by atomic mass is 9.87. The van der Waals surface area contributed by atoms with Gasteiger partial charge in [0.1, 0.15) is 12.3 Å². The van der Waals surface area contributed by atoms with Gasteiger partial charge in [-0.2, -0.15) is 8.42 Å². The highest BCUT2D eigenvalue weighted by Crippen LogP contribution is 2.37. The number of rotatable bonds is 4. The smallest absolute Gasteiger partial charge is 0.339 e. The third-order valence-electron chi connectivity index (χ3n) is 3.34. The second kappa shape index (κ2) is 7.12. The van der Waals surface area contributed by atoms with Crippen LogP contribution in [0.4, 0.5) is 0 Å². The summed E-state index contributed by atoms with van der Waals surface area (Å²) in [7, 11) is 0.168. The van der Waals surface area contributed by atoms with Crippen molar-refractivity contribution in [3.8, 4) is 0 Å². The van der Waals surface area contributed by atoms with Gasteiger partial charge in [-0.25, -0.2) is 4.79 Å². The zero-order valence-electron chi connectivity index (χ0n) is 12.6. The largest absolute Gasteiger partial charge is 0.465 e. The molecule has 23 heavy (non-hydrogen) atoms. The van der Waals surface area contributed by atoms with Crippen LogP contribution in [0.3, 0.4) is 0 Å². The van der Waals surface area contributed by atoms with Crippen LogP contribution >= 0.6 is 11.6 Å². The maximum absolute atomic E-state index is 11.8. The van der Waals surface area contributed by atoms with E-state index in [0.717, 1.165) is 0 Å². The molecule has 1 aromatic heterocycles. The molecule has 0 spiro atoms. The zero-order chi connectivity index (χ0) is 17.1. The number of ether oxygens (including phenoxy) is 2. The normalized spacial score (nSPS) is 18.0. The van der Waals surface area contributed by atoms with Crippen LogP contribution in [0, 0.1) is 5.92 Å². The number of aromatic nitrogens is 1. The van der Waals surface area contributed by atoms with Gasteiger partial charge in [0.25, 0.3) is 0 Å². The molecular weight excluding hydrogens is 346 g/mol. The Bertz CT molecular complexity index is 825. The van der Waals surface area contributed by atoms with Gasteiger partial charge in [-0.15, -0.1) is 0 Å². The number of methoxy groups -OCH3 is 2. The van der Waals surface area contributed by atoms with Crippen molar-refractivity contribution >= 4 is 38.3 Å². The Kier molecular flexibility index (Phi) is 5.40. The highest BCUT2D eigenvalue weighted by Gasteiger charge is 2.32. The van der Waals surface area contributed by atoms with Crippen molar-refractivity contribution in [3.05, 3.63) is 34.2 Å². The van der Waals surface area contributed by atoms with Crippen molar-refractivity contribution in [2.24, 2.45) is 5.92 Å². The van der Waals surface area contributed by atoms with Crippen LogP contribution in [0.25, 0.3) is 5.57 Å². The van der Waals surface area contributed by atoms with E-state index in [9.17, 15) is 13.2 Å². The van der Waals surface area contributed by atoms with Crippen LogP contribution in [0.5, 0.6) is 0 Å². The van der Waals surface area contributed by atoms with Crippen LogP contribution in [-0.4, -0.2) is 38.6 Å². The molecule has 0 amide bonds. The molecule has 0 bridgehead atoms. The molecule has 1 aromatic rings. The number of carbonyl (C=O) groups excluding carboxylic acids is 1. The molecule has 2 rings (SSSR count). The van der Waals surface area contributed by atoms with Crippen LogP contribution in [0.2, 0.25) is 0 Å². The lowest BCUT2D eigenvalue weighted by Crippen LogP contribution is -2.21. The van der Waals surface area contributed by atoms with E-state index < -0.39 is 22.2 Å². The molecule has 9 heteroatoms. The monoisotopic (exact) mass is 359 g/mol. The molecule has 0 fully saturated rings. The Hall–Kier alpha value is -1.90. The molecule has 124 valence electrons. The van der Waals surface area contributed by atoms with Crippen LogP contribution < -0.4 is 0 Å². The minimum Gasteiger partial charge on any atom is -0.465 e. The van der Waals surface area contributed by atoms with E-state index in [0.29, 0.717) is 17.0 Å². The Labute approximate surface area is 139 Å². The van der Waals surface area contributed by atoms with Crippen molar-refractivity contribution in [1.82, 2.24) is 5.16 Å². The number of carbonyl (C=O) groups is 1. The van der Waals surface area contributed by atoms with E-state index in [4.69, 9.17) is 20.9 Å². The van der Waals surface area contributed by atoms with E-state index in [1.807, 2.05) is 0 Å². The highest BCUT2D eigenvalue weighted by atomic mass is 35.5. The first kappa shape index (κ1) is 17.5. The fraction of sp³-hybridized carbons (Fsp3) is 0.357. The van der Waals surface area contributed by atoms with Crippen molar-refractivity contribution in [1.29, 1.82) is 0 Å². The predicted octanol–water partition coefficient (Wildman–Crippen LogP) is 1.57. The Morgan fingerprint density at radius 2 is 2.13 bits per heavy atom. The summed E-state index contributed by atoms with van der Waals surface area (Å²) < 4.78 is 37.6. The molecular formula is C14H14ClNO6S. The fourth-order valence-corrected chi connectivity index (χ4v) is 3.26. The molecule has 0 aliphatic heterocycles. The molecule has 1 heterocycles. The first-order chi connectivity index (χ1) is 10.9. The highest BCUT2D eigenvalue weighted by molar-refractivity contribution is 7.73. The molecule has 1 unspecified atom stereocenters. The van der Waals surface area contributed by atoms with E-state index in [-0.39, 0.29) is 22.1 Å². The molecule has 0 aromatic carbocycles. The summed E-state index contributed by atoms with van der Waals surface area (Å²) in [6.07, 6.45) is 1.21. The van der Waals surface area contributed by atoms with Gasteiger partial charge in [0, 0.05) is 24.7 Å². The average molecular weight is 360 g/mol. The Morgan fingerprint density at radius 3 is 2.70 bits per heavy atom.